The van der Waals surface area contributed by atoms with Crippen LogP contribution in [0, 0.1) is 0 Å². The van der Waals surface area contributed by atoms with Crippen molar-refractivity contribution in [3.63, 3.8) is 0 Å². The fraction of sp³-hybridized carbons (Fsp3) is 0.481. The van der Waals surface area contributed by atoms with E-state index in [9.17, 15) is 18.0 Å². The normalized spacial score (nSPS) is 12.5. The topological polar surface area (TPSA) is 96.0 Å². The molecule has 198 valence electrons. The molecule has 0 aliphatic heterocycles. The van der Waals surface area contributed by atoms with Crippen LogP contribution in [0.2, 0.25) is 0 Å². The first-order chi connectivity index (χ1) is 16.8. The maximum atomic E-state index is 13.8. The maximum absolute atomic E-state index is 13.8. The minimum Gasteiger partial charge on any atom is -0.497 e. The van der Waals surface area contributed by atoms with Crippen molar-refractivity contribution in [3.05, 3.63) is 59.7 Å². The van der Waals surface area contributed by atoms with Gasteiger partial charge in [-0.1, -0.05) is 44.2 Å². The first kappa shape index (κ1) is 29.2. The third-order valence-corrected chi connectivity index (χ3v) is 6.82. The number of nitrogens with one attached hydrogen (secondary N) is 1. The van der Waals surface area contributed by atoms with Gasteiger partial charge < -0.3 is 15.0 Å². The van der Waals surface area contributed by atoms with E-state index in [1.165, 1.54) is 4.90 Å². The molecule has 0 saturated heterocycles. The van der Waals surface area contributed by atoms with Gasteiger partial charge in [-0.15, -0.1) is 0 Å². The predicted molar refractivity (Wildman–Crippen MR) is 144 cm³/mol. The number of rotatable bonds is 11. The summed E-state index contributed by atoms with van der Waals surface area (Å²) in [5, 5.41) is 2.96. The van der Waals surface area contributed by atoms with Gasteiger partial charge in [0.1, 0.15) is 18.3 Å². The number of carbonyl (C=O) groups is 2. The van der Waals surface area contributed by atoms with Crippen LogP contribution in [-0.4, -0.2) is 56.6 Å². The molecular weight excluding hydrogens is 478 g/mol. The van der Waals surface area contributed by atoms with Gasteiger partial charge >= 0.3 is 0 Å². The molecule has 2 amide bonds. The second-order valence-electron chi connectivity index (χ2n) is 9.79. The molecule has 2 aromatic carbocycles. The largest absolute Gasteiger partial charge is 0.497 e. The van der Waals surface area contributed by atoms with Crippen molar-refractivity contribution < 1.29 is 22.7 Å². The lowest BCUT2D eigenvalue weighted by Gasteiger charge is -2.34. The van der Waals surface area contributed by atoms with Crippen LogP contribution in [-0.2, 0) is 32.6 Å². The monoisotopic (exact) mass is 517 g/mol. The number of methoxy groups -OCH3 is 1. The van der Waals surface area contributed by atoms with Crippen molar-refractivity contribution in [1.29, 1.82) is 0 Å². The number of ether oxygens (including phenoxy) is 1. The summed E-state index contributed by atoms with van der Waals surface area (Å²) in [6.45, 7) is 9.09. The van der Waals surface area contributed by atoms with Gasteiger partial charge in [0.05, 0.1) is 19.1 Å². The Bertz CT molecular complexity index is 1160. The maximum Gasteiger partial charge on any atom is 0.244 e. The molecular formula is C27H39N3O5S. The lowest BCUT2D eigenvalue weighted by atomic mass is 10.1. The first-order valence-corrected chi connectivity index (χ1v) is 14.0. The summed E-state index contributed by atoms with van der Waals surface area (Å²) in [5.74, 6) is -0.132. The molecule has 0 bridgehead atoms. The lowest BCUT2D eigenvalue weighted by Crippen LogP contribution is -2.55. The average molecular weight is 518 g/mol. The molecule has 8 nitrogen and oxygen atoms in total. The summed E-state index contributed by atoms with van der Waals surface area (Å²) in [4.78, 5) is 28.5. The van der Waals surface area contributed by atoms with E-state index in [4.69, 9.17) is 4.74 Å². The second kappa shape index (κ2) is 12.3. The number of para-hydroxylation sites is 1. The number of benzene rings is 2. The number of carbonyl (C=O) groups excluding carboxylic acids is 2. The number of aryl methyl sites for hydroxylation is 1. The summed E-state index contributed by atoms with van der Waals surface area (Å²) >= 11 is 0. The van der Waals surface area contributed by atoms with E-state index in [1.54, 1.807) is 31.4 Å². The van der Waals surface area contributed by atoms with E-state index < -0.39 is 34.1 Å². The fourth-order valence-corrected chi connectivity index (χ4v) is 4.87. The Balaban J connectivity index is 2.51. The summed E-state index contributed by atoms with van der Waals surface area (Å²) in [6, 6.07) is 13.6. The molecule has 2 aromatic rings. The van der Waals surface area contributed by atoms with Crippen LogP contribution in [0.1, 0.15) is 52.2 Å². The molecule has 1 N–H and O–H groups in total. The third kappa shape index (κ3) is 7.98. The molecule has 0 radical (unpaired) electrons. The zero-order chi connectivity index (χ0) is 27.1. The van der Waals surface area contributed by atoms with Crippen LogP contribution >= 0.6 is 0 Å². The van der Waals surface area contributed by atoms with Gasteiger partial charge in [0.15, 0.2) is 0 Å². The van der Waals surface area contributed by atoms with E-state index in [1.807, 2.05) is 58.9 Å². The van der Waals surface area contributed by atoms with Gasteiger partial charge in [-0.25, -0.2) is 8.42 Å². The molecule has 9 heteroatoms. The van der Waals surface area contributed by atoms with E-state index in [0.717, 1.165) is 21.7 Å². The van der Waals surface area contributed by atoms with Crippen LogP contribution < -0.4 is 14.4 Å². The van der Waals surface area contributed by atoms with E-state index >= 15 is 0 Å². The van der Waals surface area contributed by atoms with Gasteiger partial charge in [-0.3, -0.25) is 13.9 Å². The molecule has 36 heavy (non-hydrogen) atoms. The molecule has 2 rings (SSSR count). The van der Waals surface area contributed by atoms with Crippen LogP contribution in [0.15, 0.2) is 48.5 Å². The Kier molecular flexibility index (Phi) is 9.93. The molecule has 0 aromatic heterocycles. The predicted octanol–water partition coefficient (Wildman–Crippen LogP) is 3.75. The van der Waals surface area contributed by atoms with Crippen molar-refractivity contribution in [2.45, 2.75) is 65.6 Å². The van der Waals surface area contributed by atoms with Crippen LogP contribution in [0.5, 0.6) is 5.75 Å². The van der Waals surface area contributed by atoms with Gasteiger partial charge in [0, 0.05) is 12.1 Å². The van der Waals surface area contributed by atoms with Crippen molar-refractivity contribution in [2.24, 2.45) is 0 Å². The number of hydrogen-bond acceptors (Lipinski definition) is 5. The highest BCUT2D eigenvalue weighted by molar-refractivity contribution is 7.92. The summed E-state index contributed by atoms with van der Waals surface area (Å²) < 4.78 is 32.1. The second-order valence-corrected chi connectivity index (χ2v) is 11.7. The molecule has 0 fully saturated rings. The Hall–Kier alpha value is -3.07. The zero-order valence-electron chi connectivity index (χ0n) is 22.4. The zero-order valence-corrected chi connectivity index (χ0v) is 23.2. The van der Waals surface area contributed by atoms with Crippen LogP contribution in [0.4, 0.5) is 5.69 Å². The van der Waals surface area contributed by atoms with Crippen molar-refractivity contribution in [1.82, 2.24) is 10.2 Å². The van der Waals surface area contributed by atoms with Gasteiger partial charge in [-0.2, -0.15) is 0 Å². The van der Waals surface area contributed by atoms with Crippen molar-refractivity contribution in [3.8, 4) is 5.75 Å². The SMILES string of the molecule is CCc1ccccc1N(CC(=O)N(Cc1cccc(OC)c1)[C@H](CC)C(=O)NC(C)(C)C)S(C)(=O)=O. The van der Waals surface area contributed by atoms with Crippen LogP contribution in [0.3, 0.4) is 0 Å². The molecule has 0 aliphatic carbocycles. The summed E-state index contributed by atoms with van der Waals surface area (Å²) in [7, 11) is -2.22. The molecule has 0 spiro atoms. The molecule has 0 saturated carbocycles. The van der Waals surface area contributed by atoms with Gasteiger partial charge in [0.2, 0.25) is 21.8 Å². The number of sulfonamides is 1. The number of anilines is 1. The molecule has 1 atom stereocenters. The van der Waals surface area contributed by atoms with E-state index in [-0.39, 0.29) is 12.5 Å². The minimum atomic E-state index is -3.78. The number of amides is 2. The molecule has 0 unspecified atom stereocenters. The summed E-state index contributed by atoms with van der Waals surface area (Å²) in [5.41, 5.74) is 1.55. The summed E-state index contributed by atoms with van der Waals surface area (Å²) in [6.07, 6.45) is 2.06. The molecule has 0 heterocycles. The van der Waals surface area contributed by atoms with Crippen LogP contribution in [0.25, 0.3) is 0 Å². The van der Waals surface area contributed by atoms with Crippen molar-refractivity contribution in [2.75, 3.05) is 24.2 Å². The Morgan fingerprint density at radius 3 is 2.28 bits per heavy atom. The highest BCUT2D eigenvalue weighted by Gasteiger charge is 2.33. The first-order valence-electron chi connectivity index (χ1n) is 12.1. The van der Waals surface area contributed by atoms with Gasteiger partial charge in [-0.05, 0) is 62.9 Å². The quantitative estimate of drug-likeness (QED) is 0.490. The smallest absolute Gasteiger partial charge is 0.244 e. The highest BCUT2D eigenvalue weighted by Crippen LogP contribution is 2.25. The van der Waals surface area contributed by atoms with E-state index in [2.05, 4.69) is 5.32 Å². The molecule has 0 aliphatic rings. The number of hydrogen-bond donors (Lipinski definition) is 1. The number of nitrogens with zero attached hydrogens (tertiary/aromatic N) is 2. The lowest BCUT2D eigenvalue weighted by molar-refractivity contribution is -0.141. The standard InChI is InChI=1S/C27H39N3O5S/c1-8-21-14-10-11-16-24(21)30(36(7,33)34)19-25(31)29(18-20-13-12-15-22(17-20)35-6)23(9-2)26(32)28-27(3,4)5/h10-17,23H,8-9,18-19H2,1-7H3,(H,28,32)/t23-/m1/s1. The third-order valence-electron chi connectivity index (χ3n) is 5.69. The Labute approximate surface area is 215 Å². The highest BCUT2D eigenvalue weighted by atomic mass is 32.2. The van der Waals surface area contributed by atoms with Gasteiger partial charge in [0.25, 0.3) is 0 Å². The Morgan fingerprint density at radius 1 is 1.06 bits per heavy atom. The minimum absolute atomic E-state index is 0.124. The fourth-order valence-electron chi connectivity index (χ4n) is 3.99. The average Bonchev–Trinajstić information content (AvgIpc) is 2.80. The van der Waals surface area contributed by atoms with E-state index in [0.29, 0.717) is 24.3 Å². The van der Waals surface area contributed by atoms with Crippen molar-refractivity contribution >= 4 is 27.5 Å². The Morgan fingerprint density at radius 2 is 1.72 bits per heavy atom.